The maximum atomic E-state index is 12.7. The van der Waals surface area contributed by atoms with Crippen molar-refractivity contribution in [2.45, 2.75) is 29.5 Å². The van der Waals surface area contributed by atoms with Gasteiger partial charge in [0.05, 0.1) is 16.6 Å². The molecule has 2 fully saturated rings. The highest BCUT2D eigenvalue weighted by Crippen LogP contribution is 2.35. The van der Waals surface area contributed by atoms with Crippen LogP contribution < -0.4 is 0 Å². The molecule has 2 unspecified atom stereocenters. The summed E-state index contributed by atoms with van der Waals surface area (Å²) >= 11 is 1.64. The summed E-state index contributed by atoms with van der Waals surface area (Å²) in [5, 5.41) is -0.345. The van der Waals surface area contributed by atoms with Crippen LogP contribution in [0.3, 0.4) is 0 Å². The first-order valence-electron chi connectivity index (χ1n) is 6.77. The fourth-order valence-electron chi connectivity index (χ4n) is 3.02. The standard InChI is InChI=1S/C14H17NO3S2/c1-2-19-13-6-4-3-5-12(13)14(16)15-8-11-7-10(15)9-20(11,17)18/h3-6,10-11H,2,7-9H2,1H3. The predicted molar refractivity (Wildman–Crippen MR) is 79.9 cm³/mol. The van der Waals surface area contributed by atoms with E-state index in [0.29, 0.717) is 18.5 Å². The van der Waals surface area contributed by atoms with Crippen molar-refractivity contribution in [1.82, 2.24) is 4.90 Å². The average molecular weight is 311 g/mol. The van der Waals surface area contributed by atoms with Crippen LogP contribution >= 0.6 is 11.8 Å². The van der Waals surface area contributed by atoms with Gasteiger partial charge >= 0.3 is 0 Å². The number of fused-ring (bicyclic) bond motifs is 2. The van der Waals surface area contributed by atoms with Crippen molar-refractivity contribution < 1.29 is 13.2 Å². The Labute approximate surface area is 123 Å². The molecule has 108 valence electrons. The van der Waals surface area contributed by atoms with Crippen molar-refractivity contribution in [2.24, 2.45) is 0 Å². The predicted octanol–water partition coefficient (Wildman–Crippen LogP) is 1.81. The molecule has 2 bridgehead atoms. The van der Waals surface area contributed by atoms with E-state index >= 15 is 0 Å². The lowest BCUT2D eigenvalue weighted by molar-refractivity contribution is 0.0742. The van der Waals surface area contributed by atoms with Gasteiger partial charge < -0.3 is 4.90 Å². The monoisotopic (exact) mass is 311 g/mol. The summed E-state index contributed by atoms with van der Waals surface area (Å²) in [6.45, 7) is 2.41. The lowest BCUT2D eigenvalue weighted by Gasteiger charge is -2.27. The molecular formula is C14H17NO3S2. The smallest absolute Gasteiger partial charge is 0.255 e. The normalized spacial score (nSPS) is 26.9. The minimum absolute atomic E-state index is 0.0241. The van der Waals surface area contributed by atoms with Crippen LogP contribution in [0.5, 0.6) is 0 Å². The second-order valence-electron chi connectivity index (χ2n) is 5.23. The van der Waals surface area contributed by atoms with Crippen molar-refractivity contribution >= 4 is 27.5 Å². The zero-order valence-electron chi connectivity index (χ0n) is 11.3. The van der Waals surface area contributed by atoms with Gasteiger partial charge in [0.15, 0.2) is 9.84 Å². The van der Waals surface area contributed by atoms with Crippen LogP contribution in [0.25, 0.3) is 0 Å². The molecule has 2 aliphatic rings. The van der Waals surface area contributed by atoms with Crippen molar-refractivity contribution in [3.63, 3.8) is 0 Å². The lowest BCUT2D eigenvalue weighted by Crippen LogP contribution is -2.44. The Morgan fingerprint density at radius 3 is 2.75 bits per heavy atom. The molecular weight excluding hydrogens is 294 g/mol. The molecule has 0 saturated carbocycles. The van der Waals surface area contributed by atoms with Gasteiger partial charge in [-0.2, -0.15) is 0 Å². The van der Waals surface area contributed by atoms with E-state index in [1.54, 1.807) is 16.7 Å². The average Bonchev–Trinajstić information content (AvgIpc) is 2.94. The number of benzene rings is 1. The van der Waals surface area contributed by atoms with Crippen LogP contribution in [0, 0.1) is 0 Å². The Morgan fingerprint density at radius 2 is 2.15 bits per heavy atom. The number of nitrogens with zero attached hydrogens (tertiary/aromatic N) is 1. The molecule has 0 aromatic heterocycles. The van der Waals surface area contributed by atoms with Crippen molar-refractivity contribution in [3.8, 4) is 0 Å². The number of hydrogen-bond donors (Lipinski definition) is 0. The Balaban J connectivity index is 1.85. The van der Waals surface area contributed by atoms with E-state index in [2.05, 4.69) is 6.92 Å². The summed E-state index contributed by atoms with van der Waals surface area (Å²) in [5.74, 6) is 1.01. The topological polar surface area (TPSA) is 54.5 Å². The number of carbonyl (C=O) groups is 1. The molecule has 0 spiro atoms. The second kappa shape index (κ2) is 5.07. The van der Waals surface area contributed by atoms with Gasteiger partial charge in [0.1, 0.15) is 0 Å². The van der Waals surface area contributed by atoms with E-state index in [9.17, 15) is 13.2 Å². The Kier molecular flexibility index (Phi) is 3.54. The van der Waals surface area contributed by atoms with Crippen molar-refractivity contribution in [3.05, 3.63) is 29.8 Å². The van der Waals surface area contributed by atoms with Gasteiger partial charge in [-0.25, -0.2) is 8.42 Å². The quantitative estimate of drug-likeness (QED) is 0.799. The van der Waals surface area contributed by atoms with Gasteiger partial charge in [0, 0.05) is 17.5 Å². The van der Waals surface area contributed by atoms with Crippen LogP contribution in [-0.2, 0) is 9.84 Å². The molecule has 1 aromatic carbocycles. The zero-order chi connectivity index (χ0) is 14.3. The van der Waals surface area contributed by atoms with E-state index in [1.807, 2.05) is 24.3 Å². The van der Waals surface area contributed by atoms with Gasteiger partial charge in [-0.05, 0) is 24.3 Å². The van der Waals surface area contributed by atoms with E-state index in [1.165, 1.54) is 0 Å². The summed E-state index contributed by atoms with van der Waals surface area (Å²) < 4.78 is 23.5. The molecule has 2 atom stereocenters. The highest BCUT2D eigenvalue weighted by Gasteiger charge is 2.50. The fraction of sp³-hybridized carbons (Fsp3) is 0.500. The number of sulfone groups is 1. The molecule has 6 heteroatoms. The summed E-state index contributed by atoms with van der Waals surface area (Å²) in [6, 6.07) is 7.44. The Morgan fingerprint density at radius 1 is 1.40 bits per heavy atom. The van der Waals surface area contributed by atoms with Crippen molar-refractivity contribution in [2.75, 3.05) is 18.1 Å². The number of amides is 1. The van der Waals surface area contributed by atoms with E-state index < -0.39 is 9.84 Å². The van der Waals surface area contributed by atoms with Gasteiger partial charge in [-0.1, -0.05) is 19.1 Å². The van der Waals surface area contributed by atoms with Crippen LogP contribution in [-0.4, -0.2) is 48.6 Å². The third-order valence-electron chi connectivity index (χ3n) is 3.99. The highest BCUT2D eigenvalue weighted by atomic mass is 32.2. The minimum atomic E-state index is -2.96. The summed E-state index contributed by atoms with van der Waals surface area (Å²) in [4.78, 5) is 15.4. The highest BCUT2D eigenvalue weighted by molar-refractivity contribution is 7.99. The first kappa shape index (κ1) is 13.9. The molecule has 0 N–H and O–H groups in total. The number of thioether (sulfide) groups is 1. The molecule has 1 aromatic rings. The van der Waals surface area contributed by atoms with Gasteiger partial charge in [-0.15, -0.1) is 11.8 Å². The van der Waals surface area contributed by atoms with E-state index in [4.69, 9.17) is 0 Å². The van der Waals surface area contributed by atoms with E-state index in [0.717, 1.165) is 10.6 Å². The SMILES string of the molecule is CCSc1ccccc1C(=O)N1CC2CC1CS2(=O)=O. The third kappa shape index (κ3) is 2.24. The van der Waals surface area contributed by atoms with Gasteiger partial charge in [-0.3, -0.25) is 4.79 Å². The number of rotatable bonds is 3. The van der Waals surface area contributed by atoms with Gasteiger partial charge in [0.2, 0.25) is 0 Å². The number of likely N-dealkylation sites (tertiary alicyclic amines) is 1. The lowest BCUT2D eigenvalue weighted by atomic mass is 10.2. The second-order valence-corrected chi connectivity index (χ2v) is 8.86. The molecule has 2 heterocycles. The molecule has 2 saturated heterocycles. The minimum Gasteiger partial charge on any atom is -0.333 e. The van der Waals surface area contributed by atoms with Crippen LogP contribution in [0.4, 0.5) is 0 Å². The first-order chi connectivity index (χ1) is 9.53. The fourth-order valence-corrected chi connectivity index (χ4v) is 5.85. The van der Waals surface area contributed by atoms with Gasteiger partial charge in [0.25, 0.3) is 5.91 Å². The van der Waals surface area contributed by atoms with Crippen LogP contribution in [0.2, 0.25) is 0 Å². The van der Waals surface area contributed by atoms with Crippen molar-refractivity contribution in [1.29, 1.82) is 0 Å². The zero-order valence-corrected chi connectivity index (χ0v) is 12.9. The molecule has 0 radical (unpaired) electrons. The van der Waals surface area contributed by atoms with Crippen LogP contribution in [0.15, 0.2) is 29.2 Å². The molecule has 2 aliphatic heterocycles. The molecule has 20 heavy (non-hydrogen) atoms. The summed E-state index contributed by atoms with van der Waals surface area (Å²) in [7, 11) is -2.96. The summed E-state index contributed by atoms with van der Waals surface area (Å²) in [5.41, 5.74) is 0.698. The largest absolute Gasteiger partial charge is 0.333 e. The number of hydrogen-bond acceptors (Lipinski definition) is 4. The maximum Gasteiger partial charge on any atom is 0.255 e. The third-order valence-corrected chi connectivity index (χ3v) is 7.15. The molecule has 4 nitrogen and oxygen atoms in total. The maximum absolute atomic E-state index is 12.7. The Bertz CT molecular complexity index is 642. The van der Waals surface area contributed by atoms with Crippen LogP contribution in [0.1, 0.15) is 23.7 Å². The van der Waals surface area contributed by atoms with E-state index in [-0.39, 0.29) is 23.0 Å². The number of carbonyl (C=O) groups excluding carboxylic acids is 1. The first-order valence-corrected chi connectivity index (χ1v) is 9.47. The Hall–Kier alpha value is -1.01. The summed E-state index contributed by atoms with van der Waals surface area (Å²) in [6.07, 6.45) is 0.608. The molecule has 3 rings (SSSR count). The molecule has 0 aliphatic carbocycles. The molecule has 1 amide bonds.